The van der Waals surface area contributed by atoms with Crippen LogP contribution in [0, 0.1) is 62.7 Å². The quantitative estimate of drug-likeness (QED) is 0.277. The molecule has 5 heteroatoms. The van der Waals surface area contributed by atoms with Crippen molar-refractivity contribution in [2.24, 2.45) is 56.2 Å². The molecule has 0 amide bonds. The van der Waals surface area contributed by atoms with Crippen LogP contribution in [0.1, 0.15) is 99.8 Å². The van der Waals surface area contributed by atoms with Gasteiger partial charge in [0.2, 0.25) is 5.70 Å². The number of carbonyl (C=O) groups is 2. The van der Waals surface area contributed by atoms with Gasteiger partial charge in [-0.15, -0.1) is 0 Å². The summed E-state index contributed by atoms with van der Waals surface area (Å²) in [6.45, 7) is 23.6. The first-order valence-electron chi connectivity index (χ1n) is 14.5. The molecular formula is C32H46BrNO3. The molecule has 0 heterocycles. The van der Waals surface area contributed by atoms with E-state index in [0.29, 0.717) is 17.5 Å². The standard InChI is InChI=1S/C32H46BrNO3/c1-27(2)11-13-32(24(36)18-33)14-12-31(7)25(19(32)16-27)21(35)15-23-29(5)17-20(34-8)26(37)28(3,4)22(29)9-10-30(23,31)6/h17,19,22-25,36H,9-16,18H2,1-7H3/t19-,22-,23+,24?,25-,29-,30+,31+,32-/m0/s1. The Hall–Kier alpha value is -0.990. The van der Waals surface area contributed by atoms with Crippen molar-refractivity contribution < 1.29 is 14.7 Å². The molecule has 5 rings (SSSR count). The summed E-state index contributed by atoms with van der Waals surface area (Å²) < 4.78 is 0. The van der Waals surface area contributed by atoms with Crippen molar-refractivity contribution in [3.8, 4) is 0 Å². The first-order chi connectivity index (χ1) is 17.0. The third kappa shape index (κ3) is 3.39. The van der Waals surface area contributed by atoms with Gasteiger partial charge in [-0.05, 0) is 84.4 Å². The number of hydrogen-bond donors (Lipinski definition) is 1. The molecule has 204 valence electrons. The van der Waals surface area contributed by atoms with Gasteiger partial charge < -0.3 is 9.90 Å². The summed E-state index contributed by atoms with van der Waals surface area (Å²) in [6.07, 6.45) is 9.05. The Morgan fingerprint density at radius 1 is 1.00 bits per heavy atom. The van der Waals surface area contributed by atoms with E-state index >= 15 is 0 Å². The number of hydrogen-bond acceptors (Lipinski definition) is 3. The Morgan fingerprint density at radius 2 is 1.65 bits per heavy atom. The average Bonchev–Trinajstić information content (AvgIpc) is 2.82. The maximum Gasteiger partial charge on any atom is 0.226 e. The zero-order valence-electron chi connectivity index (χ0n) is 23.9. The molecule has 5 aliphatic rings. The van der Waals surface area contributed by atoms with Crippen molar-refractivity contribution in [2.45, 2.75) is 106 Å². The summed E-state index contributed by atoms with van der Waals surface area (Å²) in [4.78, 5) is 31.4. The predicted octanol–water partition coefficient (Wildman–Crippen LogP) is 7.39. The number of nitrogens with zero attached hydrogens (tertiary/aromatic N) is 1. The van der Waals surface area contributed by atoms with Crippen molar-refractivity contribution in [2.75, 3.05) is 5.33 Å². The summed E-state index contributed by atoms with van der Waals surface area (Å²) in [6, 6.07) is 0. The van der Waals surface area contributed by atoms with Crippen LogP contribution in [0.25, 0.3) is 4.85 Å². The van der Waals surface area contributed by atoms with E-state index in [4.69, 9.17) is 6.57 Å². The lowest BCUT2D eigenvalue weighted by Gasteiger charge is -2.72. The van der Waals surface area contributed by atoms with Gasteiger partial charge in [0.15, 0.2) is 5.78 Å². The highest BCUT2D eigenvalue weighted by molar-refractivity contribution is 9.09. The molecule has 9 atom stereocenters. The topological polar surface area (TPSA) is 58.7 Å². The van der Waals surface area contributed by atoms with Crippen LogP contribution in [0.3, 0.4) is 0 Å². The number of alkyl halides is 1. The number of halogens is 1. The highest BCUT2D eigenvalue weighted by Crippen LogP contribution is 2.76. The van der Waals surface area contributed by atoms with E-state index in [9.17, 15) is 14.7 Å². The minimum absolute atomic E-state index is 0.0320. The molecule has 4 fully saturated rings. The number of allylic oxidation sites excluding steroid dienone is 2. The molecule has 4 saturated carbocycles. The number of ketones is 2. The molecule has 0 spiro atoms. The average molecular weight is 573 g/mol. The highest BCUT2D eigenvalue weighted by atomic mass is 79.9. The van der Waals surface area contributed by atoms with Gasteiger partial charge >= 0.3 is 0 Å². The Balaban J connectivity index is 1.64. The van der Waals surface area contributed by atoms with Crippen LogP contribution in [-0.4, -0.2) is 28.1 Å². The maximum atomic E-state index is 14.5. The van der Waals surface area contributed by atoms with E-state index in [1.165, 1.54) is 0 Å². The highest BCUT2D eigenvalue weighted by Gasteiger charge is 2.72. The summed E-state index contributed by atoms with van der Waals surface area (Å²) in [5.74, 6) is 0.733. The van der Waals surface area contributed by atoms with Crippen LogP contribution in [-0.2, 0) is 9.59 Å². The van der Waals surface area contributed by atoms with Crippen molar-refractivity contribution in [3.05, 3.63) is 23.2 Å². The van der Waals surface area contributed by atoms with Gasteiger partial charge in [0.05, 0.1) is 12.7 Å². The summed E-state index contributed by atoms with van der Waals surface area (Å²) >= 11 is 3.60. The molecule has 4 nitrogen and oxygen atoms in total. The number of fused-ring (bicyclic) bond motifs is 7. The van der Waals surface area contributed by atoms with E-state index < -0.39 is 11.5 Å². The summed E-state index contributed by atoms with van der Waals surface area (Å²) in [5.41, 5.74) is -0.939. The van der Waals surface area contributed by atoms with Crippen molar-refractivity contribution in [3.63, 3.8) is 0 Å². The number of carbonyl (C=O) groups excluding carboxylic acids is 2. The van der Waals surface area contributed by atoms with Crippen LogP contribution in [0.4, 0.5) is 0 Å². The van der Waals surface area contributed by atoms with Gasteiger partial charge in [0.1, 0.15) is 5.78 Å². The Kier molecular flexibility index (Phi) is 6.16. The molecule has 37 heavy (non-hydrogen) atoms. The minimum atomic E-state index is -0.597. The number of aliphatic hydroxyl groups excluding tert-OH is 1. The van der Waals surface area contributed by atoms with Gasteiger partial charge in [0, 0.05) is 28.5 Å². The second-order valence-corrected chi connectivity index (χ2v) is 16.2. The number of Topliss-reactive ketones (excluding diaryl/α,β-unsaturated/α-hetero) is 2. The molecule has 5 aliphatic carbocycles. The molecule has 0 aromatic rings. The van der Waals surface area contributed by atoms with Crippen LogP contribution >= 0.6 is 15.9 Å². The van der Waals surface area contributed by atoms with E-state index in [1.807, 2.05) is 19.9 Å². The molecule has 0 radical (unpaired) electrons. The van der Waals surface area contributed by atoms with Crippen molar-refractivity contribution in [1.29, 1.82) is 0 Å². The third-order valence-corrected chi connectivity index (χ3v) is 13.9. The van der Waals surface area contributed by atoms with Gasteiger partial charge in [-0.1, -0.05) is 70.5 Å². The molecule has 0 aliphatic heterocycles. The van der Waals surface area contributed by atoms with Gasteiger partial charge in [0.25, 0.3) is 0 Å². The van der Waals surface area contributed by atoms with E-state index in [2.05, 4.69) is 55.4 Å². The van der Waals surface area contributed by atoms with E-state index in [0.717, 1.165) is 44.9 Å². The Bertz CT molecular complexity index is 1100. The van der Waals surface area contributed by atoms with Crippen LogP contribution in [0.2, 0.25) is 0 Å². The van der Waals surface area contributed by atoms with Crippen LogP contribution in [0.15, 0.2) is 11.8 Å². The smallest absolute Gasteiger partial charge is 0.226 e. The van der Waals surface area contributed by atoms with E-state index in [1.54, 1.807) is 0 Å². The van der Waals surface area contributed by atoms with Crippen molar-refractivity contribution >= 4 is 27.5 Å². The Labute approximate surface area is 232 Å². The fraction of sp³-hybridized carbons (Fsp3) is 0.844. The lowest BCUT2D eigenvalue weighted by Crippen LogP contribution is -2.69. The molecular weight excluding hydrogens is 526 g/mol. The lowest BCUT2D eigenvalue weighted by atomic mass is 9.31. The fourth-order valence-corrected chi connectivity index (χ4v) is 11.7. The second kappa shape index (κ2) is 8.26. The molecule has 0 saturated heterocycles. The monoisotopic (exact) mass is 571 g/mol. The first kappa shape index (κ1) is 27.6. The first-order valence-corrected chi connectivity index (χ1v) is 15.6. The summed E-state index contributed by atoms with van der Waals surface area (Å²) in [7, 11) is 0. The van der Waals surface area contributed by atoms with E-state index in [-0.39, 0.29) is 62.2 Å². The maximum absolute atomic E-state index is 14.5. The van der Waals surface area contributed by atoms with Crippen LogP contribution in [0.5, 0.6) is 0 Å². The van der Waals surface area contributed by atoms with Gasteiger partial charge in [-0.2, -0.15) is 0 Å². The molecule has 0 aromatic heterocycles. The zero-order valence-corrected chi connectivity index (χ0v) is 25.5. The van der Waals surface area contributed by atoms with Crippen molar-refractivity contribution in [1.82, 2.24) is 0 Å². The second-order valence-electron chi connectivity index (χ2n) is 15.6. The predicted molar refractivity (Wildman–Crippen MR) is 150 cm³/mol. The summed E-state index contributed by atoms with van der Waals surface area (Å²) in [5, 5.41) is 12.0. The molecule has 1 N–H and O–H groups in total. The molecule has 0 bridgehead atoms. The third-order valence-electron chi connectivity index (χ3n) is 13.3. The Morgan fingerprint density at radius 3 is 2.27 bits per heavy atom. The van der Waals surface area contributed by atoms with Crippen LogP contribution < -0.4 is 0 Å². The number of rotatable bonds is 2. The fourth-order valence-electron chi connectivity index (χ4n) is 11.1. The van der Waals surface area contributed by atoms with Gasteiger partial charge in [-0.25, -0.2) is 4.85 Å². The largest absolute Gasteiger partial charge is 0.392 e. The van der Waals surface area contributed by atoms with Gasteiger partial charge in [-0.3, -0.25) is 4.79 Å². The minimum Gasteiger partial charge on any atom is -0.392 e. The SMILES string of the molecule is [C-]#[N+]C1=C[C@]2(C)[C@H]3CC(=O)[C@@H]4[C@@H]5CC(C)(C)CC[C@]5(C(O)CBr)CC[C@@]4(C)[C@]3(C)CC[C@H]2C(C)(C)C1=O. The molecule has 1 unspecified atom stereocenters. The normalized spacial score (nSPS) is 48.9. The molecule has 0 aromatic carbocycles. The number of aliphatic hydroxyl groups is 1. The zero-order chi connectivity index (χ0) is 27.4. The lowest BCUT2D eigenvalue weighted by molar-refractivity contribution is -0.232.